The third kappa shape index (κ3) is 3.16. The number of likely N-dealkylation sites (N-methyl/N-ethyl adjacent to an activating group) is 1. The van der Waals surface area contributed by atoms with Crippen LogP contribution >= 0.6 is 0 Å². The highest BCUT2D eigenvalue weighted by Gasteiger charge is 2.12. The molecule has 0 aliphatic rings. The SMILES string of the molecule is CCN(CC)CC(C)Nc1nc(NC)nc2[nH]ncc12. The van der Waals surface area contributed by atoms with Crippen molar-refractivity contribution < 1.29 is 0 Å². The molecule has 0 saturated heterocycles. The first kappa shape index (κ1) is 14.5. The Labute approximate surface area is 119 Å². The van der Waals surface area contributed by atoms with Crippen molar-refractivity contribution in [3.63, 3.8) is 0 Å². The molecule has 7 nitrogen and oxygen atoms in total. The predicted octanol–water partition coefficient (Wildman–Crippen LogP) is 1.54. The Hall–Kier alpha value is -1.89. The molecule has 20 heavy (non-hydrogen) atoms. The largest absolute Gasteiger partial charge is 0.366 e. The maximum atomic E-state index is 4.48. The first-order valence-electron chi connectivity index (χ1n) is 7.05. The fourth-order valence-corrected chi connectivity index (χ4v) is 2.20. The van der Waals surface area contributed by atoms with Gasteiger partial charge in [0, 0.05) is 19.6 Å². The van der Waals surface area contributed by atoms with Crippen molar-refractivity contribution in [2.75, 3.05) is 37.3 Å². The Morgan fingerprint density at radius 1 is 1.30 bits per heavy atom. The summed E-state index contributed by atoms with van der Waals surface area (Å²) in [5.74, 6) is 1.40. The summed E-state index contributed by atoms with van der Waals surface area (Å²) in [4.78, 5) is 11.2. The zero-order chi connectivity index (χ0) is 14.5. The molecular weight excluding hydrogens is 254 g/mol. The second-order valence-corrected chi connectivity index (χ2v) is 4.81. The zero-order valence-corrected chi connectivity index (χ0v) is 12.6. The van der Waals surface area contributed by atoms with Gasteiger partial charge in [-0.1, -0.05) is 13.8 Å². The molecule has 110 valence electrons. The standard InChI is InChI=1S/C13H23N7/c1-5-20(6-2)8-9(3)16-11-10-7-15-19-12(10)18-13(14-4)17-11/h7,9H,5-6,8H2,1-4H3,(H3,14,15,16,17,18,19). The topological polar surface area (TPSA) is 81.8 Å². The number of nitrogens with zero attached hydrogens (tertiary/aromatic N) is 4. The number of hydrogen-bond donors (Lipinski definition) is 3. The summed E-state index contributed by atoms with van der Waals surface area (Å²) in [6, 6.07) is 0.299. The maximum Gasteiger partial charge on any atom is 0.226 e. The van der Waals surface area contributed by atoms with Crippen molar-refractivity contribution in [2.45, 2.75) is 26.8 Å². The number of anilines is 2. The van der Waals surface area contributed by atoms with Crippen molar-refractivity contribution in [2.24, 2.45) is 0 Å². The van der Waals surface area contributed by atoms with Gasteiger partial charge in [0.2, 0.25) is 5.95 Å². The van der Waals surface area contributed by atoms with Gasteiger partial charge in [-0.25, -0.2) is 0 Å². The number of hydrogen-bond acceptors (Lipinski definition) is 6. The summed E-state index contributed by atoms with van der Waals surface area (Å²) in [5, 5.41) is 14.2. The molecule has 1 unspecified atom stereocenters. The number of rotatable bonds is 7. The lowest BCUT2D eigenvalue weighted by molar-refractivity contribution is 0.294. The van der Waals surface area contributed by atoms with Crippen LogP contribution in [0.2, 0.25) is 0 Å². The third-order valence-electron chi connectivity index (χ3n) is 3.34. The lowest BCUT2D eigenvalue weighted by Crippen LogP contribution is -2.35. The van der Waals surface area contributed by atoms with Crippen molar-refractivity contribution in [3.8, 4) is 0 Å². The van der Waals surface area contributed by atoms with Crippen molar-refractivity contribution in [1.82, 2.24) is 25.1 Å². The number of nitrogens with one attached hydrogen (secondary N) is 3. The lowest BCUT2D eigenvalue weighted by atomic mass is 10.3. The van der Waals surface area contributed by atoms with Gasteiger partial charge in [-0.05, 0) is 20.0 Å². The Bertz CT molecular complexity index is 547. The maximum absolute atomic E-state index is 4.48. The van der Waals surface area contributed by atoms with Crippen LogP contribution < -0.4 is 10.6 Å². The van der Waals surface area contributed by atoms with Gasteiger partial charge in [0.1, 0.15) is 5.82 Å². The third-order valence-corrected chi connectivity index (χ3v) is 3.34. The Kier molecular flexibility index (Phi) is 4.73. The highest BCUT2D eigenvalue weighted by molar-refractivity contribution is 5.87. The molecule has 0 fully saturated rings. The van der Waals surface area contributed by atoms with E-state index in [2.05, 4.69) is 56.5 Å². The van der Waals surface area contributed by atoms with E-state index < -0.39 is 0 Å². The quantitative estimate of drug-likeness (QED) is 0.712. The molecule has 2 rings (SSSR count). The van der Waals surface area contributed by atoms with E-state index in [-0.39, 0.29) is 0 Å². The molecule has 0 radical (unpaired) electrons. The molecule has 0 saturated carbocycles. The Balaban J connectivity index is 2.17. The average molecular weight is 277 g/mol. The minimum absolute atomic E-state index is 0.299. The molecule has 0 bridgehead atoms. The van der Waals surface area contributed by atoms with Crippen LogP contribution in [0.1, 0.15) is 20.8 Å². The Morgan fingerprint density at radius 2 is 2.05 bits per heavy atom. The molecule has 0 aliphatic heterocycles. The number of H-pyrrole nitrogens is 1. The van der Waals surface area contributed by atoms with Gasteiger partial charge in [0.05, 0.1) is 11.6 Å². The number of aromatic nitrogens is 4. The molecule has 0 spiro atoms. The fourth-order valence-electron chi connectivity index (χ4n) is 2.20. The smallest absolute Gasteiger partial charge is 0.226 e. The van der Waals surface area contributed by atoms with E-state index in [1.54, 1.807) is 13.2 Å². The molecule has 7 heteroatoms. The molecular formula is C13H23N7. The molecule has 2 aromatic rings. The number of aromatic amines is 1. The van der Waals surface area contributed by atoms with Gasteiger partial charge in [0.25, 0.3) is 0 Å². The second kappa shape index (κ2) is 6.51. The summed E-state index contributed by atoms with van der Waals surface area (Å²) >= 11 is 0. The highest BCUT2D eigenvalue weighted by Crippen LogP contribution is 2.20. The number of fused-ring (bicyclic) bond motifs is 1. The molecule has 2 heterocycles. The van der Waals surface area contributed by atoms with Gasteiger partial charge in [0.15, 0.2) is 5.65 Å². The van der Waals surface area contributed by atoms with E-state index >= 15 is 0 Å². The van der Waals surface area contributed by atoms with Gasteiger partial charge in [-0.15, -0.1) is 0 Å². The van der Waals surface area contributed by atoms with E-state index in [9.17, 15) is 0 Å². The normalized spacial score (nSPS) is 12.8. The summed E-state index contributed by atoms with van der Waals surface area (Å²) in [6.07, 6.45) is 1.75. The van der Waals surface area contributed by atoms with Gasteiger partial charge in [-0.3, -0.25) is 5.10 Å². The van der Waals surface area contributed by atoms with Crippen molar-refractivity contribution in [3.05, 3.63) is 6.20 Å². The summed E-state index contributed by atoms with van der Waals surface area (Å²) < 4.78 is 0. The van der Waals surface area contributed by atoms with Gasteiger partial charge in [-0.2, -0.15) is 15.1 Å². The molecule has 1 atom stereocenters. The van der Waals surface area contributed by atoms with Crippen LogP contribution in [0.3, 0.4) is 0 Å². The molecule has 2 aromatic heterocycles. The first-order chi connectivity index (χ1) is 9.67. The van der Waals surface area contributed by atoms with E-state index in [1.165, 1.54) is 0 Å². The summed E-state index contributed by atoms with van der Waals surface area (Å²) in [5.41, 5.74) is 0.738. The second-order valence-electron chi connectivity index (χ2n) is 4.81. The van der Waals surface area contributed by atoms with Crippen molar-refractivity contribution >= 4 is 22.8 Å². The summed E-state index contributed by atoms with van der Waals surface area (Å²) in [6.45, 7) is 9.59. The molecule has 3 N–H and O–H groups in total. The molecule has 0 amide bonds. The van der Waals surface area contributed by atoms with Gasteiger partial charge < -0.3 is 15.5 Å². The minimum Gasteiger partial charge on any atom is -0.366 e. The van der Waals surface area contributed by atoms with Crippen LogP contribution in [0.5, 0.6) is 0 Å². The van der Waals surface area contributed by atoms with Crippen LogP contribution in [-0.2, 0) is 0 Å². The van der Waals surface area contributed by atoms with E-state index in [0.717, 1.165) is 36.5 Å². The van der Waals surface area contributed by atoms with E-state index in [4.69, 9.17) is 0 Å². The van der Waals surface area contributed by atoms with Crippen LogP contribution in [-0.4, -0.2) is 57.8 Å². The molecule has 0 aliphatic carbocycles. The van der Waals surface area contributed by atoms with Crippen LogP contribution in [0.15, 0.2) is 6.20 Å². The zero-order valence-electron chi connectivity index (χ0n) is 12.6. The van der Waals surface area contributed by atoms with Crippen LogP contribution in [0.25, 0.3) is 11.0 Å². The van der Waals surface area contributed by atoms with Crippen LogP contribution in [0.4, 0.5) is 11.8 Å². The first-order valence-corrected chi connectivity index (χ1v) is 7.05. The van der Waals surface area contributed by atoms with Gasteiger partial charge >= 0.3 is 0 Å². The van der Waals surface area contributed by atoms with Crippen LogP contribution in [0, 0.1) is 0 Å². The highest BCUT2D eigenvalue weighted by atomic mass is 15.2. The van der Waals surface area contributed by atoms with E-state index in [0.29, 0.717) is 12.0 Å². The predicted molar refractivity (Wildman–Crippen MR) is 82.1 cm³/mol. The van der Waals surface area contributed by atoms with Crippen molar-refractivity contribution in [1.29, 1.82) is 0 Å². The molecule has 0 aromatic carbocycles. The minimum atomic E-state index is 0.299. The summed E-state index contributed by atoms with van der Waals surface area (Å²) in [7, 11) is 1.81. The average Bonchev–Trinajstić information content (AvgIpc) is 2.93. The monoisotopic (exact) mass is 277 g/mol. The lowest BCUT2D eigenvalue weighted by Gasteiger charge is -2.24. The van der Waals surface area contributed by atoms with E-state index in [1.807, 2.05) is 0 Å². The Morgan fingerprint density at radius 3 is 2.70 bits per heavy atom. The fraction of sp³-hybridized carbons (Fsp3) is 0.615.